The summed E-state index contributed by atoms with van der Waals surface area (Å²) in [6.07, 6.45) is 10.6. The van der Waals surface area contributed by atoms with Crippen molar-refractivity contribution in [2.45, 2.75) is 19.8 Å². The molecule has 0 saturated heterocycles. The molecular formula is C26H25N. The number of benzene rings is 3. The average molecular weight is 351 g/mol. The van der Waals surface area contributed by atoms with Crippen molar-refractivity contribution in [2.75, 3.05) is 11.4 Å². The Labute approximate surface area is 162 Å². The highest BCUT2D eigenvalue weighted by atomic mass is 15.1. The van der Waals surface area contributed by atoms with Gasteiger partial charge in [-0.15, -0.1) is 0 Å². The Bertz CT molecular complexity index is 952. The van der Waals surface area contributed by atoms with E-state index in [1.165, 1.54) is 33.5 Å². The Morgan fingerprint density at radius 1 is 0.741 bits per heavy atom. The molecule has 0 unspecified atom stereocenters. The summed E-state index contributed by atoms with van der Waals surface area (Å²) in [5, 5.41) is 0. The van der Waals surface area contributed by atoms with Crippen molar-refractivity contribution >= 4 is 5.69 Å². The van der Waals surface area contributed by atoms with Crippen molar-refractivity contribution in [3.63, 3.8) is 0 Å². The maximum absolute atomic E-state index is 2.40. The lowest BCUT2D eigenvalue weighted by Gasteiger charge is -2.27. The molecule has 0 atom stereocenters. The van der Waals surface area contributed by atoms with E-state index in [0.717, 1.165) is 19.4 Å². The van der Waals surface area contributed by atoms with E-state index in [4.69, 9.17) is 0 Å². The molecule has 0 N–H and O–H groups in total. The number of aryl methyl sites for hydroxylation is 1. The Kier molecular flexibility index (Phi) is 5.20. The molecule has 0 fully saturated rings. The zero-order valence-corrected chi connectivity index (χ0v) is 15.8. The smallest absolute Gasteiger partial charge is 0.0474 e. The van der Waals surface area contributed by atoms with Gasteiger partial charge in [0.05, 0.1) is 0 Å². The van der Waals surface area contributed by atoms with Gasteiger partial charge in [-0.25, -0.2) is 0 Å². The summed E-state index contributed by atoms with van der Waals surface area (Å²) in [5.41, 5.74) is 8.17. The van der Waals surface area contributed by atoms with E-state index in [1.54, 1.807) is 0 Å². The molecule has 0 saturated carbocycles. The third-order valence-electron chi connectivity index (χ3n) is 5.03. The van der Waals surface area contributed by atoms with Crippen LogP contribution in [-0.2, 0) is 12.8 Å². The zero-order valence-electron chi connectivity index (χ0n) is 15.8. The topological polar surface area (TPSA) is 3.24 Å². The molecule has 0 bridgehead atoms. The standard InChI is InChI=1S/C26H25N/c1-21-17-24(18-22-11-5-2-6-12-22)20-25(19-23-13-7-3-8-14-23)26(21)27-15-9-4-10-16-27/h2-15,17,20H,16,18-19H2,1H3. The minimum Gasteiger partial charge on any atom is -0.344 e. The fourth-order valence-electron chi connectivity index (χ4n) is 3.86. The molecule has 1 nitrogen and oxygen atoms in total. The number of hydrogen-bond acceptors (Lipinski definition) is 1. The lowest BCUT2D eigenvalue weighted by molar-refractivity contribution is 1.02. The summed E-state index contributed by atoms with van der Waals surface area (Å²) in [6, 6.07) is 26.2. The number of nitrogens with zero attached hydrogens (tertiary/aromatic N) is 1. The minimum absolute atomic E-state index is 0.928. The Balaban J connectivity index is 1.73. The highest BCUT2D eigenvalue weighted by Gasteiger charge is 2.15. The largest absolute Gasteiger partial charge is 0.344 e. The summed E-state index contributed by atoms with van der Waals surface area (Å²) < 4.78 is 0. The fourth-order valence-corrected chi connectivity index (χ4v) is 3.86. The third-order valence-corrected chi connectivity index (χ3v) is 5.03. The van der Waals surface area contributed by atoms with Crippen molar-refractivity contribution < 1.29 is 0 Å². The normalized spacial score (nSPS) is 13.1. The maximum atomic E-state index is 2.40. The number of allylic oxidation sites excluding steroid dienone is 2. The van der Waals surface area contributed by atoms with Crippen LogP contribution in [-0.4, -0.2) is 6.54 Å². The van der Waals surface area contributed by atoms with Gasteiger partial charge < -0.3 is 4.90 Å². The molecule has 4 rings (SSSR count). The first kappa shape index (κ1) is 17.4. The van der Waals surface area contributed by atoms with Crippen LogP contribution in [0.3, 0.4) is 0 Å². The summed E-state index contributed by atoms with van der Waals surface area (Å²) in [6.45, 7) is 3.17. The van der Waals surface area contributed by atoms with E-state index in [-0.39, 0.29) is 0 Å². The van der Waals surface area contributed by atoms with Crippen LogP contribution in [0.2, 0.25) is 0 Å². The lowest BCUT2D eigenvalue weighted by atomic mass is 9.94. The van der Waals surface area contributed by atoms with Gasteiger partial charge in [0, 0.05) is 18.4 Å². The molecular weight excluding hydrogens is 326 g/mol. The molecule has 3 aromatic rings. The SMILES string of the molecule is Cc1cc(Cc2ccccc2)cc(Cc2ccccc2)c1N1C=CC=CC1. The molecule has 1 heteroatoms. The van der Waals surface area contributed by atoms with Gasteiger partial charge in [0.2, 0.25) is 0 Å². The molecule has 0 aliphatic carbocycles. The summed E-state index contributed by atoms with van der Waals surface area (Å²) >= 11 is 0. The van der Waals surface area contributed by atoms with E-state index >= 15 is 0 Å². The van der Waals surface area contributed by atoms with Crippen molar-refractivity contribution in [3.8, 4) is 0 Å². The van der Waals surface area contributed by atoms with Crippen molar-refractivity contribution in [1.82, 2.24) is 0 Å². The first-order chi connectivity index (χ1) is 13.3. The van der Waals surface area contributed by atoms with Crippen LogP contribution in [0.4, 0.5) is 5.69 Å². The average Bonchev–Trinajstić information content (AvgIpc) is 2.70. The predicted molar refractivity (Wildman–Crippen MR) is 115 cm³/mol. The Hall–Kier alpha value is -3.06. The molecule has 1 aliphatic heterocycles. The second-order valence-electron chi connectivity index (χ2n) is 7.17. The van der Waals surface area contributed by atoms with Gasteiger partial charge in [-0.1, -0.05) is 84.9 Å². The van der Waals surface area contributed by atoms with Gasteiger partial charge in [-0.2, -0.15) is 0 Å². The van der Waals surface area contributed by atoms with Crippen molar-refractivity contribution in [3.05, 3.63) is 125 Å². The fraction of sp³-hybridized carbons (Fsp3) is 0.154. The van der Waals surface area contributed by atoms with Crippen LogP contribution in [0.1, 0.15) is 27.8 Å². The Morgan fingerprint density at radius 3 is 2.04 bits per heavy atom. The third kappa shape index (κ3) is 4.20. The molecule has 1 aliphatic rings. The molecule has 0 radical (unpaired) electrons. The van der Waals surface area contributed by atoms with Gasteiger partial charge >= 0.3 is 0 Å². The molecule has 1 heterocycles. The second-order valence-corrected chi connectivity index (χ2v) is 7.17. The number of anilines is 1. The van der Waals surface area contributed by atoms with Gasteiger partial charge in [0.25, 0.3) is 0 Å². The monoisotopic (exact) mass is 351 g/mol. The molecule has 3 aromatic carbocycles. The second kappa shape index (κ2) is 8.09. The van der Waals surface area contributed by atoms with Gasteiger partial charge in [0.15, 0.2) is 0 Å². The van der Waals surface area contributed by atoms with Crippen LogP contribution in [0, 0.1) is 6.92 Å². The van der Waals surface area contributed by atoms with E-state index in [9.17, 15) is 0 Å². The highest BCUT2D eigenvalue weighted by Crippen LogP contribution is 2.31. The molecule has 0 spiro atoms. The van der Waals surface area contributed by atoms with Crippen LogP contribution in [0.25, 0.3) is 0 Å². The van der Waals surface area contributed by atoms with E-state index in [2.05, 4.69) is 109 Å². The van der Waals surface area contributed by atoms with Crippen LogP contribution >= 0.6 is 0 Å². The summed E-state index contributed by atoms with van der Waals surface area (Å²) in [7, 11) is 0. The maximum Gasteiger partial charge on any atom is 0.0474 e. The lowest BCUT2D eigenvalue weighted by Crippen LogP contribution is -2.20. The molecule has 134 valence electrons. The van der Waals surface area contributed by atoms with Gasteiger partial charge in [0.1, 0.15) is 0 Å². The number of rotatable bonds is 5. The quantitative estimate of drug-likeness (QED) is 0.539. The first-order valence-corrected chi connectivity index (χ1v) is 9.60. The van der Waals surface area contributed by atoms with Crippen molar-refractivity contribution in [2.24, 2.45) is 0 Å². The van der Waals surface area contributed by atoms with Crippen LogP contribution in [0.15, 0.2) is 97.2 Å². The van der Waals surface area contributed by atoms with Gasteiger partial charge in [-0.05, 0) is 53.7 Å². The van der Waals surface area contributed by atoms with E-state index in [1.807, 2.05) is 0 Å². The minimum atomic E-state index is 0.928. The van der Waals surface area contributed by atoms with E-state index < -0.39 is 0 Å². The number of hydrogen-bond donors (Lipinski definition) is 0. The molecule has 0 aromatic heterocycles. The van der Waals surface area contributed by atoms with Gasteiger partial charge in [-0.3, -0.25) is 0 Å². The highest BCUT2D eigenvalue weighted by molar-refractivity contribution is 5.64. The Morgan fingerprint density at radius 2 is 1.41 bits per heavy atom. The van der Waals surface area contributed by atoms with Crippen LogP contribution < -0.4 is 4.90 Å². The summed E-state index contributed by atoms with van der Waals surface area (Å²) in [4.78, 5) is 2.36. The van der Waals surface area contributed by atoms with Crippen molar-refractivity contribution in [1.29, 1.82) is 0 Å². The molecule has 27 heavy (non-hydrogen) atoms. The van der Waals surface area contributed by atoms with E-state index in [0.29, 0.717) is 0 Å². The first-order valence-electron chi connectivity index (χ1n) is 9.60. The summed E-state index contributed by atoms with van der Waals surface area (Å²) in [5.74, 6) is 0. The molecule has 0 amide bonds. The predicted octanol–water partition coefficient (Wildman–Crippen LogP) is 6.07. The van der Waals surface area contributed by atoms with Crippen LogP contribution in [0.5, 0.6) is 0 Å². The zero-order chi connectivity index (χ0) is 18.5.